The first-order valence-corrected chi connectivity index (χ1v) is 7.73. The molecule has 0 aliphatic rings. The summed E-state index contributed by atoms with van der Waals surface area (Å²) in [5.41, 5.74) is 0. The fourth-order valence-electron chi connectivity index (χ4n) is 1.88. The van der Waals surface area contributed by atoms with E-state index in [1.54, 1.807) is 0 Å². The number of carbonyl (C=O) groups excluding carboxylic acids is 2. The molecule has 0 atom stereocenters. The zero-order chi connectivity index (χ0) is 14.7. The molecule has 112 valence electrons. The van der Waals surface area contributed by atoms with Gasteiger partial charge in [-0.2, -0.15) is 0 Å². The Kier molecular flexibility index (Phi) is 10.5. The summed E-state index contributed by atoms with van der Waals surface area (Å²) in [4.78, 5) is 22.9. The normalized spacial score (nSPS) is 11.1. The number of hydrogen-bond acceptors (Lipinski definition) is 2. The van der Waals surface area contributed by atoms with Crippen LogP contribution in [0.2, 0.25) is 0 Å². The quantitative estimate of drug-likeness (QED) is 0.581. The second-order valence-electron chi connectivity index (χ2n) is 6.08. The summed E-state index contributed by atoms with van der Waals surface area (Å²) in [5, 5.41) is 2.84. The van der Waals surface area contributed by atoms with Crippen LogP contribution in [0.5, 0.6) is 0 Å². The largest absolute Gasteiger partial charge is 0.356 e. The standard InChI is InChI=1S/C16H31NO2/c1-13(2)9-6-5-7-10-15(18)11-8-12-17-16(19)14(3)4/h13-14H,5-12H2,1-4H3,(H,17,19). The van der Waals surface area contributed by atoms with E-state index >= 15 is 0 Å². The zero-order valence-electron chi connectivity index (χ0n) is 13.1. The topological polar surface area (TPSA) is 46.2 Å². The second kappa shape index (κ2) is 11.0. The number of carbonyl (C=O) groups is 2. The Morgan fingerprint density at radius 2 is 1.53 bits per heavy atom. The molecule has 0 rings (SSSR count). The van der Waals surface area contributed by atoms with Crippen molar-refractivity contribution >= 4 is 11.7 Å². The Morgan fingerprint density at radius 3 is 2.11 bits per heavy atom. The Hall–Kier alpha value is -0.860. The molecule has 3 nitrogen and oxygen atoms in total. The van der Waals surface area contributed by atoms with Crippen LogP contribution in [0.3, 0.4) is 0 Å². The number of Topliss-reactive ketones (excluding diaryl/α,β-unsaturated/α-hetero) is 1. The third-order valence-electron chi connectivity index (χ3n) is 3.19. The smallest absolute Gasteiger partial charge is 0.222 e. The van der Waals surface area contributed by atoms with Crippen LogP contribution >= 0.6 is 0 Å². The number of rotatable bonds is 11. The van der Waals surface area contributed by atoms with Gasteiger partial charge < -0.3 is 5.32 Å². The van der Waals surface area contributed by atoms with Crippen molar-refractivity contribution in [2.75, 3.05) is 6.54 Å². The maximum atomic E-state index is 11.6. The van der Waals surface area contributed by atoms with Crippen molar-refractivity contribution in [2.45, 2.75) is 72.6 Å². The van der Waals surface area contributed by atoms with Crippen LogP contribution in [-0.2, 0) is 9.59 Å². The molecule has 0 radical (unpaired) electrons. The Balaban J connectivity index is 3.38. The third kappa shape index (κ3) is 11.9. The molecule has 3 heteroatoms. The molecule has 0 heterocycles. The molecule has 0 aromatic rings. The maximum Gasteiger partial charge on any atom is 0.222 e. The molecule has 0 saturated carbocycles. The van der Waals surface area contributed by atoms with Crippen molar-refractivity contribution < 1.29 is 9.59 Å². The third-order valence-corrected chi connectivity index (χ3v) is 3.19. The summed E-state index contributed by atoms with van der Waals surface area (Å²) in [6.45, 7) is 8.83. The molecule has 0 saturated heterocycles. The molecule has 0 spiro atoms. The van der Waals surface area contributed by atoms with Gasteiger partial charge in [0.2, 0.25) is 5.91 Å². The first kappa shape index (κ1) is 18.1. The molecule has 0 fully saturated rings. The molecule has 0 unspecified atom stereocenters. The average molecular weight is 269 g/mol. The highest BCUT2D eigenvalue weighted by Gasteiger charge is 2.06. The van der Waals surface area contributed by atoms with E-state index in [-0.39, 0.29) is 11.8 Å². The van der Waals surface area contributed by atoms with Crippen molar-refractivity contribution in [1.82, 2.24) is 5.32 Å². The monoisotopic (exact) mass is 269 g/mol. The van der Waals surface area contributed by atoms with Crippen LogP contribution < -0.4 is 5.32 Å². The summed E-state index contributed by atoms with van der Waals surface area (Å²) >= 11 is 0. The van der Waals surface area contributed by atoms with Gasteiger partial charge in [-0.3, -0.25) is 9.59 Å². The predicted octanol–water partition coefficient (Wildman–Crippen LogP) is 3.71. The lowest BCUT2D eigenvalue weighted by atomic mass is 10.0. The van der Waals surface area contributed by atoms with Crippen LogP contribution in [0.25, 0.3) is 0 Å². The van der Waals surface area contributed by atoms with Gasteiger partial charge >= 0.3 is 0 Å². The Morgan fingerprint density at radius 1 is 0.895 bits per heavy atom. The maximum absolute atomic E-state index is 11.6. The van der Waals surface area contributed by atoms with E-state index in [0.29, 0.717) is 25.2 Å². The highest BCUT2D eigenvalue weighted by Crippen LogP contribution is 2.10. The van der Waals surface area contributed by atoms with Crippen molar-refractivity contribution in [3.63, 3.8) is 0 Å². The molecule has 0 bridgehead atoms. The van der Waals surface area contributed by atoms with Crippen molar-refractivity contribution in [3.8, 4) is 0 Å². The molecule has 1 N–H and O–H groups in total. The summed E-state index contributed by atoms with van der Waals surface area (Å²) in [7, 11) is 0. The van der Waals surface area contributed by atoms with Gasteiger partial charge in [0.1, 0.15) is 5.78 Å². The zero-order valence-corrected chi connectivity index (χ0v) is 13.1. The molecular formula is C16H31NO2. The van der Waals surface area contributed by atoms with Crippen LogP contribution in [-0.4, -0.2) is 18.2 Å². The van der Waals surface area contributed by atoms with Gasteiger partial charge in [0.05, 0.1) is 0 Å². The van der Waals surface area contributed by atoms with E-state index in [0.717, 1.165) is 25.2 Å². The lowest BCUT2D eigenvalue weighted by Crippen LogP contribution is -2.28. The number of hydrogen-bond donors (Lipinski definition) is 1. The molecular weight excluding hydrogens is 238 g/mol. The van der Waals surface area contributed by atoms with Crippen LogP contribution in [0.4, 0.5) is 0 Å². The summed E-state index contributed by atoms with van der Waals surface area (Å²) < 4.78 is 0. The van der Waals surface area contributed by atoms with Crippen LogP contribution in [0, 0.1) is 11.8 Å². The fourth-order valence-corrected chi connectivity index (χ4v) is 1.88. The van der Waals surface area contributed by atoms with Crippen LogP contribution in [0.15, 0.2) is 0 Å². The highest BCUT2D eigenvalue weighted by molar-refractivity contribution is 5.79. The van der Waals surface area contributed by atoms with Gasteiger partial charge in [-0.05, 0) is 18.8 Å². The van der Waals surface area contributed by atoms with Gasteiger partial charge in [0.15, 0.2) is 0 Å². The minimum atomic E-state index is 0.0247. The minimum Gasteiger partial charge on any atom is -0.356 e. The van der Waals surface area contributed by atoms with E-state index in [1.807, 2.05) is 13.8 Å². The van der Waals surface area contributed by atoms with Crippen molar-refractivity contribution in [3.05, 3.63) is 0 Å². The first-order chi connectivity index (χ1) is 8.93. The highest BCUT2D eigenvalue weighted by atomic mass is 16.1. The van der Waals surface area contributed by atoms with Gasteiger partial charge in [0, 0.05) is 25.3 Å². The summed E-state index contributed by atoms with van der Waals surface area (Å²) in [5.74, 6) is 1.20. The number of ketones is 1. The fraction of sp³-hybridized carbons (Fsp3) is 0.875. The minimum absolute atomic E-state index is 0.0247. The van der Waals surface area contributed by atoms with Gasteiger partial charge in [-0.15, -0.1) is 0 Å². The number of unbranched alkanes of at least 4 members (excludes halogenated alkanes) is 2. The van der Waals surface area contributed by atoms with E-state index in [1.165, 1.54) is 12.8 Å². The predicted molar refractivity (Wildman–Crippen MR) is 80.0 cm³/mol. The van der Waals surface area contributed by atoms with Gasteiger partial charge in [-0.25, -0.2) is 0 Å². The lowest BCUT2D eigenvalue weighted by molar-refractivity contribution is -0.124. The second-order valence-corrected chi connectivity index (χ2v) is 6.08. The van der Waals surface area contributed by atoms with E-state index < -0.39 is 0 Å². The molecule has 0 aliphatic carbocycles. The Bertz CT molecular complexity index is 259. The van der Waals surface area contributed by atoms with E-state index in [2.05, 4.69) is 19.2 Å². The molecule has 1 amide bonds. The molecule has 19 heavy (non-hydrogen) atoms. The SMILES string of the molecule is CC(C)CCCCCC(=O)CCCNC(=O)C(C)C. The average Bonchev–Trinajstić information content (AvgIpc) is 2.33. The molecule has 0 aliphatic heterocycles. The lowest BCUT2D eigenvalue weighted by Gasteiger charge is -2.07. The molecule has 0 aromatic carbocycles. The van der Waals surface area contributed by atoms with Crippen molar-refractivity contribution in [1.29, 1.82) is 0 Å². The van der Waals surface area contributed by atoms with Crippen LogP contribution in [0.1, 0.15) is 72.6 Å². The summed E-state index contributed by atoms with van der Waals surface area (Å²) in [6.07, 6.45) is 6.74. The first-order valence-electron chi connectivity index (χ1n) is 7.73. The van der Waals surface area contributed by atoms with Gasteiger partial charge in [-0.1, -0.05) is 47.0 Å². The molecule has 0 aromatic heterocycles. The van der Waals surface area contributed by atoms with E-state index in [4.69, 9.17) is 0 Å². The van der Waals surface area contributed by atoms with Crippen molar-refractivity contribution in [2.24, 2.45) is 11.8 Å². The summed E-state index contributed by atoms with van der Waals surface area (Å²) in [6, 6.07) is 0. The van der Waals surface area contributed by atoms with Gasteiger partial charge in [0.25, 0.3) is 0 Å². The number of nitrogens with one attached hydrogen (secondary N) is 1. The van der Waals surface area contributed by atoms with E-state index in [9.17, 15) is 9.59 Å². The number of amides is 1. The Labute approximate surface area is 118 Å².